The number of carbonyl (C=O) groups is 1. The van der Waals surface area contributed by atoms with Gasteiger partial charge in [0.2, 0.25) is 0 Å². The van der Waals surface area contributed by atoms with E-state index < -0.39 is 11.5 Å². The molecule has 0 atom stereocenters. The summed E-state index contributed by atoms with van der Waals surface area (Å²) in [5.41, 5.74) is 0.164. The lowest BCUT2D eigenvalue weighted by Gasteiger charge is -2.08. The fraction of sp³-hybridized carbons (Fsp3) is 0.0625. The van der Waals surface area contributed by atoms with Crippen molar-refractivity contribution in [1.29, 1.82) is 0 Å². The van der Waals surface area contributed by atoms with Crippen molar-refractivity contribution in [3.63, 3.8) is 0 Å². The van der Waals surface area contributed by atoms with Crippen molar-refractivity contribution in [3.8, 4) is 5.75 Å². The number of halogens is 1. The van der Waals surface area contributed by atoms with Crippen molar-refractivity contribution in [2.45, 2.75) is 0 Å². The Morgan fingerprint density at radius 2 is 1.96 bits per heavy atom. The summed E-state index contributed by atoms with van der Waals surface area (Å²) in [7, 11) is 0. The lowest BCUT2D eigenvalue weighted by molar-refractivity contribution is 0.0830. The summed E-state index contributed by atoms with van der Waals surface area (Å²) in [6, 6.07) is 14.3. The van der Waals surface area contributed by atoms with Gasteiger partial charge < -0.3 is 9.72 Å². The second-order valence-corrected chi connectivity index (χ2v) is 6.39. The maximum Gasteiger partial charge on any atom is 0.273 e. The van der Waals surface area contributed by atoms with Crippen LogP contribution in [0.15, 0.2) is 53.3 Å². The van der Waals surface area contributed by atoms with Gasteiger partial charge in [0.05, 0.1) is 10.9 Å². The summed E-state index contributed by atoms with van der Waals surface area (Å²) in [5.74, 6) is 0.0417. The molecule has 0 bridgehead atoms. The second kappa shape index (κ2) is 6.63. The quantitative estimate of drug-likeness (QED) is 0.503. The van der Waals surface area contributed by atoms with Crippen LogP contribution in [0.25, 0.3) is 10.9 Å². The van der Waals surface area contributed by atoms with Gasteiger partial charge in [0.15, 0.2) is 11.4 Å². The minimum Gasteiger partial charge on any atom is -0.484 e. The number of benzene rings is 2. The predicted molar refractivity (Wildman–Crippen MR) is 98.7 cm³/mol. The Kier molecular flexibility index (Phi) is 4.58. The van der Waals surface area contributed by atoms with Crippen LogP contribution in [0.5, 0.6) is 5.75 Å². The standard InChI is InChI=1S/C16H11IN2O3S/c17-10-6-7-13-12(8-10)15(21)19(16(23)18-13)14(20)9-22-11-4-2-1-3-5-11/h1-8H,9H2,(H,18,23). The van der Waals surface area contributed by atoms with E-state index in [0.29, 0.717) is 16.7 Å². The van der Waals surface area contributed by atoms with Crippen LogP contribution in [-0.4, -0.2) is 22.1 Å². The number of hydrogen-bond donors (Lipinski definition) is 1. The molecule has 0 aliphatic rings. The third-order valence-corrected chi connectivity index (χ3v) is 4.17. The maximum atomic E-state index is 12.6. The molecule has 1 heterocycles. The zero-order valence-electron chi connectivity index (χ0n) is 11.8. The van der Waals surface area contributed by atoms with E-state index in [-0.39, 0.29) is 11.4 Å². The van der Waals surface area contributed by atoms with Gasteiger partial charge in [-0.2, -0.15) is 0 Å². The molecule has 0 saturated carbocycles. The average molecular weight is 438 g/mol. The summed E-state index contributed by atoms with van der Waals surface area (Å²) >= 11 is 7.25. The molecule has 7 heteroatoms. The molecular formula is C16H11IN2O3S. The third kappa shape index (κ3) is 3.35. The Labute approximate surface area is 150 Å². The van der Waals surface area contributed by atoms with Crippen molar-refractivity contribution in [1.82, 2.24) is 9.55 Å². The first-order chi connectivity index (χ1) is 11.1. The first-order valence-electron chi connectivity index (χ1n) is 6.72. The first kappa shape index (κ1) is 15.9. The van der Waals surface area contributed by atoms with Crippen LogP contribution in [0.1, 0.15) is 4.79 Å². The number of aromatic nitrogens is 2. The van der Waals surface area contributed by atoms with Gasteiger partial charge in [0.1, 0.15) is 5.75 Å². The fourth-order valence-corrected chi connectivity index (χ4v) is 2.92. The monoisotopic (exact) mass is 438 g/mol. The Balaban J connectivity index is 1.97. The smallest absolute Gasteiger partial charge is 0.273 e. The second-order valence-electron chi connectivity index (χ2n) is 4.76. The van der Waals surface area contributed by atoms with Crippen LogP contribution in [0.2, 0.25) is 0 Å². The van der Waals surface area contributed by atoms with Gasteiger partial charge in [-0.1, -0.05) is 18.2 Å². The number of carbonyl (C=O) groups excluding carboxylic acids is 1. The SMILES string of the molecule is O=C(COc1ccccc1)n1c(=S)[nH]c2ccc(I)cc2c1=O. The van der Waals surface area contributed by atoms with Crippen LogP contribution in [0.4, 0.5) is 0 Å². The van der Waals surface area contributed by atoms with E-state index in [2.05, 4.69) is 27.6 Å². The van der Waals surface area contributed by atoms with E-state index in [4.69, 9.17) is 17.0 Å². The molecule has 0 aliphatic heterocycles. The molecule has 0 fully saturated rings. The molecular weight excluding hydrogens is 427 g/mol. The van der Waals surface area contributed by atoms with Crippen molar-refractivity contribution < 1.29 is 9.53 Å². The number of hydrogen-bond acceptors (Lipinski definition) is 4. The molecule has 0 saturated heterocycles. The van der Waals surface area contributed by atoms with Crippen LogP contribution in [-0.2, 0) is 0 Å². The molecule has 3 aromatic rings. The molecule has 0 unspecified atom stereocenters. The number of aromatic amines is 1. The largest absolute Gasteiger partial charge is 0.484 e. The topological polar surface area (TPSA) is 64.1 Å². The zero-order chi connectivity index (χ0) is 16.4. The molecule has 1 aromatic heterocycles. The number of nitrogens with zero attached hydrogens (tertiary/aromatic N) is 1. The van der Waals surface area contributed by atoms with Gasteiger partial charge in [-0.05, 0) is 65.1 Å². The van der Waals surface area contributed by atoms with Gasteiger partial charge >= 0.3 is 0 Å². The Morgan fingerprint density at radius 3 is 2.70 bits per heavy atom. The molecule has 23 heavy (non-hydrogen) atoms. The highest BCUT2D eigenvalue weighted by atomic mass is 127. The van der Waals surface area contributed by atoms with E-state index in [1.165, 1.54) is 0 Å². The normalized spacial score (nSPS) is 10.7. The molecule has 5 nitrogen and oxygen atoms in total. The summed E-state index contributed by atoms with van der Waals surface area (Å²) in [6.45, 7) is -0.267. The predicted octanol–water partition coefficient (Wildman–Crippen LogP) is 3.38. The Hall–Kier alpha value is -2.00. The van der Waals surface area contributed by atoms with E-state index in [0.717, 1.165) is 8.14 Å². The Morgan fingerprint density at radius 1 is 1.22 bits per heavy atom. The van der Waals surface area contributed by atoms with Crippen molar-refractivity contribution in [2.24, 2.45) is 0 Å². The highest BCUT2D eigenvalue weighted by molar-refractivity contribution is 14.1. The van der Waals surface area contributed by atoms with Gasteiger partial charge in [0.25, 0.3) is 11.5 Å². The van der Waals surface area contributed by atoms with E-state index in [9.17, 15) is 9.59 Å². The number of H-pyrrole nitrogens is 1. The van der Waals surface area contributed by atoms with E-state index in [1.54, 1.807) is 36.4 Å². The number of rotatable bonds is 3. The fourth-order valence-electron chi connectivity index (χ4n) is 2.14. The molecule has 1 N–H and O–H groups in total. The molecule has 0 amide bonds. The van der Waals surface area contributed by atoms with Crippen molar-refractivity contribution in [3.05, 3.63) is 67.2 Å². The highest BCUT2D eigenvalue weighted by Gasteiger charge is 2.13. The van der Waals surface area contributed by atoms with E-state index >= 15 is 0 Å². The number of para-hydroxylation sites is 1. The lowest BCUT2D eigenvalue weighted by atomic mass is 10.2. The van der Waals surface area contributed by atoms with Crippen LogP contribution in [0.3, 0.4) is 0 Å². The molecule has 116 valence electrons. The van der Waals surface area contributed by atoms with Gasteiger partial charge in [0, 0.05) is 3.57 Å². The van der Waals surface area contributed by atoms with Crippen molar-refractivity contribution in [2.75, 3.05) is 6.61 Å². The van der Waals surface area contributed by atoms with Gasteiger partial charge in [-0.15, -0.1) is 0 Å². The number of ether oxygens (including phenoxy) is 1. The summed E-state index contributed by atoms with van der Waals surface area (Å²) < 4.78 is 7.30. The van der Waals surface area contributed by atoms with Gasteiger partial charge in [-0.25, -0.2) is 4.57 Å². The molecule has 2 aromatic carbocycles. The molecule has 0 radical (unpaired) electrons. The minimum atomic E-state index is -0.513. The average Bonchev–Trinajstić information content (AvgIpc) is 2.55. The number of nitrogens with one attached hydrogen (secondary N) is 1. The van der Waals surface area contributed by atoms with Crippen LogP contribution in [0, 0.1) is 8.34 Å². The lowest BCUT2D eigenvalue weighted by Crippen LogP contribution is -2.32. The van der Waals surface area contributed by atoms with Crippen LogP contribution >= 0.6 is 34.8 Å². The van der Waals surface area contributed by atoms with Gasteiger partial charge in [-0.3, -0.25) is 9.59 Å². The van der Waals surface area contributed by atoms with Crippen molar-refractivity contribution >= 4 is 51.6 Å². The summed E-state index contributed by atoms with van der Waals surface area (Å²) in [5, 5.41) is 0.415. The summed E-state index contributed by atoms with van der Waals surface area (Å²) in [4.78, 5) is 27.8. The third-order valence-electron chi connectivity index (χ3n) is 3.21. The molecule has 3 rings (SSSR count). The Bertz CT molecular complexity index is 996. The summed E-state index contributed by atoms with van der Waals surface area (Å²) in [6.07, 6.45) is 0. The molecule has 0 spiro atoms. The van der Waals surface area contributed by atoms with Crippen LogP contribution < -0.4 is 10.3 Å². The molecule has 0 aliphatic carbocycles. The van der Waals surface area contributed by atoms with E-state index in [1.807, 2.05) is 12.1 Å². The maximum absolute atomic E-state index is 12.6. The minimum absolute atomic E-state index is 0.0605. The zero-order valence-corrected chi connectivity index (χ0v) is 14.8. The first-order valence-corrected chi connectivity index (χ1v) is 8.20. The number of fused-ring (bicyclic) bond motifs is 1. The highest BCUT2D eigenvalue weighted by Crippen LogP contribution is 2.12.